The Morgan fingerprint density at radius 2 is 2.15 bits per heavy atom. The molecule has 1 aliphatic rings. The number of thioether (sulfide) groups is 1. The molecule has 1 atom stereocenters. The van der Waals surface area contributed by atoms with Gasteiger partial charge in [-0.25, -0.2) is 0 Å². The fourth-order valence-electron chi connectivity index (χ4n) is 2.31. The van der Waals surface area contributed by atoms with E-state index in [-0.39, 0.29) is 5.97 Å². The van der Waals surface area contributed by atoms with Gasteiger partial charge in [0.1, 0.15) is 5.54 Å². The van der Waals surface area contributed by atoms with E-state index in [1.807, 2.05) is 19.1 Å². The smallest absolute Gasteiger partial charge is 0.327 e. The maximum Gasteiger partial charge on any atom is 0.327 e. The van der Waals surface area contributed by atoms with Crippen LogP contribution in [0.25, 0.3) is 0 Å². The molecule has 0 bridgehead atoms. The molecule has 1 aromatic rings. The van der Waals surface area contributed by atoms with Crippen LogP contribution in [0, 0.1) is 12.8 Å². The van der Waals surface area contributed by atoms with Crippen LogP contribution in [0.15, 0.2) is 24.3 Å². The van der Waals surface area contributed by atoms with Crippen molar-refractivity contribution in [2.75, 3.05) is 12.4 Å². The first kappa shape index (κ1) is 15.4. The predicted molar refractivity (Wildman–Crippen MR) is 83.6 cm³/mol. The third kappa shape index (κ3) is 3.55. The van der Waals surface area contributed by atoms with E-state index in [1.165, 1.54) is 11.1 Å². The highest BCUT2D eigenvalue weighted by atomic mass is 32.2. The molecule has 1 aromatic carbocycles. The van der Waals surface area contributed by atoms with Crippen LogP contribution in [0.4, 0.5) is 0 Å². The summed E-state index contributed by atoms with van der Waals surface area (Å²) in [5.41, 5.74) is 8.13. The Kier molecular flexibility index (Phi) is 5.11. The Labute approximate surface area is 125 Å². The van der Waals surface area contributed by atoms with E-state index in [4.69, 9.17) is 10.5 Å². The molecule has 0 aliphatic heterocycles. The van der Waals surface area contributed by atoms with Gasteiger partial charge >= 0.3 is 5.97 Å². The van der Waals surface area contributed by atoms with Gasteiger partial charge in [-0.1, -0.05) is 24.3 Å². The van der Waals surface area contributed by atoms with Crippen LogP contribution in [-0.2, 0) is 15.3 Å². The zero-order valence-electron chi connectivity index (χ0n) is 12.2. The lowest BCUT2D eigenvalue weighted by Gasteiger charge is -2.26. The minimum atomic E-state index is -0.802. The number of carbonyl (C=O) groups is 1. The van der Waals surface area contributed by atoms with Crippen LogP contribution in [0.5, 0.6) is 0 Å². The Balaban J connectivity index is 1.93. The average molecular weight is 293 g/mol. The van der Waals surface area contributed by atoms with Gasteiger partial charge in [0, 0.05) is 11.5 Å². The number of rotatable bonds is 7. The van der Waals surface area contributed by atoms with E-state index in [0.717, 1.165) is 18.6 Å². The molecule has 110 valence electrons. The molecular weight excluding hydrogens is 270 g/mol. The van der Waals surface area contributed by atoms with E-state index in [0.29, 0.717) is 18.3 Å². The Hall–Kier alpha value is -1.00. The highest BCUT2D eigenvalue weighted by Crippen LogP contribution is 2.41. The van der Waals surface area contributed by atoms with Gasteiger partial charge in [0.15, 0.2) is 0 Å². The van der Waals surface area contributed by atoms with Gasteiger partial charge in [0.2, 0.25) is 0 Å². The van der Waals surface area contributed by atoms with Gasteiger partial charge in [-0.3, -0.25) is 4.79 Å². The number of ether oxygens (including phenoxy) is 1. The van der Waals surface area contributed by atoms with Gasteiger partial charge < -0.3 is 10.5 Å². The number of benzene rings is 1. The van der Waals surface area contributed by atoms with Crippen LogP contribution >= 0.6 is 11.8 Å². The maximum atomic E-state index is 12.1. The van der Waals surface area contributed by atoms with Crippen LogP contribution in [0.2, 0.25) is 0 Å². The summed E-state index contributed by atoms with van der Waals surface area (Å²) >= 11 is 1.72. The van der Waals surface area contributed by atoms with Crippen LogP contribution in [-0.4, -0.2) is 23.9 Å². The van der Waals surface area contributed by atoms with Crippen LogP contribution < -0.4 is 5.73 Å². The SMILES string of the molecule is CCOC(=O)C(N)(CSCc1ccccc1C)C1CC1. The van der Waals surface area contributed by atoms with Crippen molar-refractivity contribution >= 4 is 17.7 Å². The van der Waals surface area contributed by atoms with Crippen molar-refractivity contribution in [1.82, 2.24) is 0 Å². The topological polar surface area (TPSA) is 52.3 Å². The molecule has 0 saturated heterocycles. The van der Waals surface area contributed by atoms with Crippen LogP contribution in [0.3, 0.4) is 0 Å². The van der Waals surface area contributed by atoms with Gasteiger partial charge in [0.25, 0.3) is 0 Å². The predicted octanol–water partition coefficient (Wildman–Crippen LogP) is 2.90. The second-order valence-corrected chi connectivity index (χ2v) is 6.44. The number of hydrogen-bond donors (Lipinski definition) is 1. The lowest BCUT2D eigenvalue weighted by atomic mass is 9.97. The molecule has 0 aromatic heterocycles. The van der Waals surface area contributed by atoms with Crippen molar-refractivity contribution in [3.8, 4) is 0 Å². The fourth-order valence-corrected chi connectivity index (χ4v) is 3.65. The minimum absolute atomic E-state index is 0.236. The Bertz CT molecular complexity index is 473. The fraction of sp³-hybridized carbons (Fsp3) is 0.562. The lowest BCUT2D eigenvalue weighted by Crippen LogP contribution is -2.53. The highest BCUT2D eigenvalue weighted by Gasteiger charge is 2.48. The van der Waals surface area contributed by atoms with Crippen molar-refractivity contribution in [2.24, 2.45) is 11.7 Å². The number of carbonyl (C=O) groups excluding carboxylic acids is 1. The summed E-state index contributed by atoms with van der Waals surface area (Å²) in [6, 6.07) is 8.32. The van der Waals surface area contributed by atoms with Crippen molar-refractivity contribution in [3.63, 3.8) is 0 Å². The second-order valence-electron chi connectivity index (χ2n) is 5.45. The summed E-state index contributed by atoms with van der Waals surface area (Å²) in [4.78, 5) is 12.1. The normalized spacial score (nSPS) is 17.6. The zero-order chi connectivity index (χ0) is 14.6. The van der Waals surface area contributed by atoms with Crippen molar-refractivity contribution in [2.45, 2.75) is 38.0 Å². The molecule has 0 heterocycles. The highest BCUT2D eigenvalue weighted by molar-refractivity contribution is 7.98. The number of aryl methyl sites for hydroxylation is 1. The van der Waals surface area contributed by atoms with Crippen molar-refractivity contribution in [3.05, 3.63) is 35.4 Å². The molecular formula is C16H23NO2S. The van der Waals surface area contributed by atoms with E-state index in [9.17, 15) is 4.79 Å². The molecule has 2 N–H and O–H groups in total. The quantitative estimate of drug-likeness (QED) is 0.785. The monoisotopic (exact) mass is 293 g/mol. The first-order valence-corrected chi connectivity index (χ1v) is 8.31. The van der Waals surface area contributed by atoms with Crippen LogP contribution in [0.1, 0.15) is 30.9 Å². The third-order valence-electron chi connectivity index (χ3n) is 3.82. The lowest BCUT2D eigenvalue weighted by molar-refractivity contribution is -0.149. The third-order valence-corrected chi connectivity index (χ3v) is 5.02. The summed E-state index contributed by atoms with van der Waals surface area (Å²) in [5.74, 6) is 1.58. The van der Waals surface area contributed by atoms with Gasteiger partial charge in [0.05, 0.1) is 6.61 Å². The van der Waals surface area contributed by atoms with Gasteiger partial charge in [-0.2, -0.15) is 11.8 Å². The molecule has 0 spiro atoms. The standard InChI is InChI=1S/C16H23NO2S/c1-3-19-15(18)16(17,14-8-9-14)11-20-10-13-7-5-4-6-12(13)2/h4-7,14H,3,8-11,17H2,1-2H3. The Morgan fingerprint density at radius 1 is 1.45 bits per heavy atom. The first-order valence-electron chi connectivity index (χ1n) is 7.16. The molecule has 20 heavy (non-hydrogen) atoms. The van der Waals surface area contributed by atoms with E-state index in [1.54, 1.807) is 11.8 Å². The minimum Gasteiger partial charge on any atom is -0.465 e. The summed E-state index contributed by atoms with van der Waals surface area (Å²) in [7, 11) is 0. The number of esters is 1. The Morgan fingerprint density at radius 3 is 2.75 bits per heavy atom. The van der Waals surface area contributed by atoms with Gasteiger partial charge in [-0.15, -0.1) is 0 Å². The first-order chi connectivity index (χ1) is 9.58. The summed E-state index contributed by atoms with van der Waals surface area (Å²) in [6.45, 7) is 4.33. The molecule has 1 fully saturated rings. The molecule has 1 unspecified atom stereocenters. The van der Waals surface area contributed by atoms with Crippen molar-refractivity contribution < 1.29 is 9.53 Å². The molecule has 0 radical (unpaired) electrons. The molecule has 1 aliphatic carbocycles. The molecule has 1 saturated carbocycles. The summed E-state index contributed by atoms with van der Waals surface area (Å²) < 4.78 is 5.16. The molecule has 0 amide bonds. The number of hydrogen-bond acceptors (Lipinski definition) is 4. The zero-order valence-corrected chi connectivity index (χ0v) is 13.0. The van der Waals surface area contributed by atoms with E-state index in [2.05, 4.69) is 19.1 Å². The van der Waals surface area contributed by atoms with E-state index < -0.39 is 5.54 Å². The number of nitrogens with two attached hydrogens (primary N) is 1. The largest absolute Gasteiger partial charge is 0.465 e. The average Bonchev–Trinajstić information content (AvgIpc) is 3.25. The second kappa shape index (κ2) is 6.64. The maximum absolute atomic E-state index is 12.1. The van der Waals surface area contributed by atoms with Gasteiger partial charge in [-0.05, 0) is 43.7 Å². The molecule has 2 rings (SSSR count). The molecule has 3 nitrogen and oxygen atoms in total. The summed E-state index contributed by atoms with van der Waals surface area (Å²) in [5, 5.41) is 0. The molecule has 4 heteroatoms. The van der Waals surface area contributed by atoms with E-state index >= 15 is 0 Å². The van der Waals surface area contributed by atoms with Crippen molar-refractivity contribution in [1.29, 1.82) is 0 Å². The summed E-state index contributed by atoms with van der Waals surface area (Å²) in [6.07, 6.45) is 2.08.